The number of morpholine rings is 1. The number of aromatic amines is 1. The largest absolute Gasteiger partial charge is 0.490 e. The number of benzene rings is 3. The minimum Gasteiger partial charge on any atom is -0.490 e. The van der Waals surface area contributed by atoms with Gasteiger partial charge in [-0.2, -0.15) is 9.37 Å². The van der Waals surface area contributed by atoms with Crippen LogP contribution in [0, 0.1) is 34.2 Å². The minimum atomic E-state index is -4.73. The Morgan fingerprint density at radius 2 is 1.67 bits per heavy atom. The normalized spacial score (nSPS) is 25.9. The van der Waals surface area contributed by atoms with E-state index < -0.39 is 37.5 Å². The number of fused-ring (bicyclic) bond motifs is 5. The van der Waals surface area contributed by atoms with Crippen molar-refractivity contribution in [2.24, 2.45) is 11.3 Å². The number of nitrogens with zero attached hydrogens (tertiary/aromatic N) is 8. The van der Waals surface area contributed by atoms with Gasteiger partial charge in [-0.3, -0.25) is 24.7 Å². The fourth-order valence-electron chi connectivity index (χ4n) is 15.7. The smallest absolute Gasteiger partial charge is 0.297 e. The second-order valence-electron chi connectivity index (χ2n) is 25.5. The molecule has 6 atom stereocenters. The topological polar surface area (TPSA) is 232 Å². The SMILES string of the molecule is Cc1ccccc1[C@@H]1CN([C@H]2CCOc3c2cnc(N2CCOC[C@@H]2C)c3F)CCN1C1CC2(CCN(c3ccc(C(=O)NS(=O)(=O)c4cc5c(c([N+](=O)[O-])c4)N[C@H](C4CCOCC4)CO5)c(N4c5cc6cc[nH]c6nc5O[C@H]5COCC[C@@H]54)c3)CC2)C1. The molecule has 0 bridgehead atoms. The number of carbonyl (C=O) groups excluding carboxylic acids is 1. The first-order valence-corrected chi connectivity index (χ1v) is 32.7. The lowest BCUT2D eigenvalue weighted by molar-refractivity contribution is -0.384. The van der Waals surface area contributed by atoms with Gasteiger partial charge in [0.25, 0.3) is 21.6 Å². The van der Waals surface area contributed by atoms with E-state index in [4.69, 9.17) is 38.4 Å². The van der Waals surface area contributed by atoms with E-state index in [2.05, 4.69) is 65.8 Å². The number of nitro benzene ring substituents is 1. The van der Waals surface area contributed by atoms with Crippen LogP contribution in [0.4, 0.5) is 38.6 Å². The monoisotopic (exact) mass is 1220 g/mol. The number of sulfonamides is 1. The molecule has 8 aliphatic heterocycles. The van der Waals surface area contributed by atoms with Crippen LogP contribution in [0.5, 0.6) is 17.4 Å². The Hall–Kier alpha value is -7.35. The van der Waals surface area contributed by atoms with Gasteiger partial charge in [0.15, 0.2) is 23.0 Å². The summed E-state index contributed by atoms with van der Waals surface area (Å²) in [4.78, 5) is 51.0. The number of amides is 1. The highest BCUT2D eigenvalue weighted by atomic mass is 32.2. The molecule has 88 heavy (non-hydrogen) atoms. The molecule has 5 saturated heterocycles. The van der Waals surface area contributed by atoms with Crippen molar-refractivity contribution in [3.05, 3.63) is 117 Å². The first-order chi connectivity index (χ1) is 42.8. The first-order valence-electron chi connectivity index (χ1n) is 31.2. The third kappa shape index (κ3) is 10.3. The lowest BCUT2D eigenvalue weighted by Crippen LogP contribution is -2.60. The maximum Gasteiger partial charge on any atom is 0.297 e. The van der Waals surface area contributed by atoms with Gasteiger partial charge >= 0.3 is 0 Å². The summed E-state index contributed by atoms with van der Waals surface area (Å²) < 4.78 is 83.7. The van der Waals surface area contributed by atoms with Gasteiger partial charge in [0.05, 0.1) is 65.6 Å². The van der Waals surface area contributed by atoms with Crippen molar-refractivity contribution in [3.8, 4) is 17.4 Å². The Morgan fingerprint density at radius 1 is 0.852 bits per heavy atom. The zero-order valence-corrected chi connectivity index (χ0v) is 50.4. The molecule has 1 spiro atoms. The second-order valence-corrected chi connectivity index (χ2v) is 27.2. The number of pyridine rings is 2. The quantitative estimate of drug-likeness (QED) is 0.0814. The molecule has 1 saturated carbocycles. The van der Waals surface area contributed by atoms with E-state index in [1.807, 2.05) is 42.3 Å². The van der Waals surface area contributed by atoms with Crippen LogP contribution in [0.3, 0.4) is 0 Å². The van der Waals surface area contributed by atoms with Gasteiger partial charge in [0, 0.05) is 125 Å². The number of halogens is 1. The molecule has 6 aromatic rings. The molecule has 1 aliphatic carbocycles. The van der Waals surface area contributed by atoms with Crippen LogP contribution in [-0.4, -0.2) is 166 Å². The highest BCUT2D eigenvalue weighted by Crippen LogP contribution is 2.55. The van der Waals surface area contributed by atoms with Crippen molar-refractivity contribution in [1.82, 2.24) is 29.5 Å². The van der Waals surface area contributed by atoms with Crippen LogP contribution in [-0.2, 0) is 24.2 Å². The Balaban J connectivity index is 0.687. The summed E-state index contributed by atoms with van der Waals surface area (Å²) in [6, 6.07) is 20.4. The Morgan fingerprint density at radius 3 is 2.49 bits per heavy atom. The van der Waals surface area contributed by atoms with Gasteiger partial charge in [-0.25, -0.2) is 18.1 Å². The summed E-state index contributed by atoms with van der Waals surface area (Å²) in [6.07, 6.45) is 10.1. The number of H-pyrrole nitrogens is 1. The summed E-state index contributed by atoms with van der Waals surface area (Å²) in [7, 11) is -4.73. The van der Waals surface area contributed by atoms with Crippen molar-refractivity contribution >= 4 is 61.2 Å². The zero-order valence-electron chi connectivity index (χ0n) is 49.5. The number of nitrogens with one attached hydrogen (secondary N) is 3. The van der Waals surface area contributed by atoms with E-state index in [-0.39, 0.29) is 77.6 Å². The van der Waals surface area contributed by atoms with Crippen LogP contribution in [0.2, 0.25) is 0 Å². The number of piperazine rings is 1. The molecular weight excluding hydrogens is 1150 g/mol. The van der Waals surface area contributed by atoms with Crippen LogP contribution >= 0.6 is 0 Å². The first kappa shape index (κ1) is 57.1. The summed E-state index contributed by atoms with van der Waals surface area (Å²) in [5.74, 6) is -0.118. The maximum absolute atomic E-state index is 16.5. The number of aryl methyl sites for hydroxylation is 1. The second kappa shape index (κ2) is 22.9. The molecule has 3 aromatic heterocycles. The molecule has 11 heterocycles. The van der Waals surface area contributed by atoms with Crippen LogP contribution in [0.15, 0.2) is 84.0 Å². The fourth-order valence-corrected chi connectivity index (χ4v) is 16.7. The Labute approximate surface area is 510 Å². The molecular formula is C64H74FN11O11S. The van der Waals surface area contributed by atoms with E-state index >= 15 is 4.39 Å². The molecule has 0 radical (unpaired) electrons. The summed E-state index contributed by atoms with van der Waals surface area (Å²) in [5, 5.41) is 16.7. The lowest BCUT2D eigenvalue weighted by atomic mass is 9.59. The zero-order chi connectivity index (χ0) is 60.0. The maximum atomic E-state index is 16.5. The van der Waals surface area contributed by atoms with Gasteiger partial charge in [-0.15, -0.1) is 0 Å². The number of anilines is 5. The molecule has 22 nitrogen and oxygen atoms in total. The number of carbonyl (C=O) groups is 1. The minimum absolute atomic E-state index is 0.00721. The number of nitro groups is 1. The number of rotatable bonds is 11. The Kier molecular flexibility index (Phi) is 14.9. The fraction of sp³-hybridized carbons (Fsp3) is 0.516. The summed E-state index contributed by atoms with van der Waals surface area (Å²) in [6.45, 7) is 12.4. The highest BCUT2D eigenvalue weighted by molar-refractivity contribution is 7.90. The van der Waals surface area contributed by atoms with Gasteiger partial charge in [-0.1, -0.05) is 24.3 Å². The number of piperidine rings is 1. The molecule has 1 amide bonds. The highest BCUT2D eigenvalue weighted by Gasteiger charge is 2.51. The summed E-state index contributed by atoms with van der Waals surface area (Å²) >= 11 is 0. The lowest BCUT2D eigenvalue weighted by Gasteiger charge is -2.59. The standard InChI is InChI=1S/C64H74FN11O11S/c1-38-5-3-4-6-45(38)54-34-72(49-13-25-85-59-47(49)33-67-61(57(59)65)73-21-26-84-35-39(73)2)19-20-74(54)43-31-64(32-43)14-17-71(18-15-64)42-7-8-46(51(28-42)75-50-12-24-83-37-56(50)87-63-53(75)27-41-9-16-66-60(41)69-63)62(77)70-88(80,81)44-29-52(76(78)79)58-55(30-44)86-36-48(68-58)40-10-22-82-23-11-40/h3-9,16,27-30,33,39-40,43,48-50,54,56,68H,10-15,17-26,31-32,34-37H2,1-2H3,(H,66,69)(H,70,77)/t39-,48-,49-,50-,54-,56-/m0/s1. The number of hydrogen-bond donors (Lipinski definition) is 3. The summed E-state index contributed by atoms with van der Waals surface area (Å²) in [5.41, 5.74) is 5.85. The number of hydrogen-bond acceptors (Lipinski definition) is 19. The molecule has 6 fully saturated rings. The van der Waals surface area contributed by atoms with E-state index in [1.165, 1.54) is 17.2 Å². The van der Waals surface area contributed by atoms with Crippen LogP contribution in [0.1, 0.15) is 97.4 Å². The molecule has 464 valence electrons. The predicted molar refractivity (Wildman–Crippen MR) is 326 cm³/mol. The van der Waals surface area contributed by atoms with Crippen molar-refractivity contribution in [2.45, 2.75) is 112 Å². The van der Waals surface area contributed by atoms with Crippen LogP contribution < -0.4 is 38.9 Å². The molecule has 9 aliphatic rings. The number of ether oxygens (including phenoxy) is 6. The van der Waals surface area contributed by atoms with Crippen molar-refractivity contribution in [2.75, 3.05) is 112 Å². The van der Waals surface area contributed by atoms with Gasteiger partial charge < -0.3 is 53.4 Å². The van der Waals surface area contributed by atoms with Crippen LogP contribution in [0.25, 0.3) is 11.0 Å². The third-order valence-corrected chi connectivity index (χ3v) is 21.8. The third-order valence-electron chi connectivity index (χ3n) is 20.5. The van der Waals surface area contributed by atoms with E-state index in [1.54, 1.807) is 12.3 Å². The molecule has 0 unspecified atom stereocenters. The predicted octanol–water partition coefficient (Wildman–Crippen LogP) is 8.58. The van der Waals surface area contributed by atoms with E-state index in [0.29, 0.717) is 93.1 Å². The van der Waals surface area contributed by atoms with Gasteiger partial charge in [0.1, 0.15) is 24.0 Å². The van der Waals surface area contributed by atoms with E-state index in [0.717, 1.165) is 100 Å². The average molecular weight is 1220 g/mol. The van der Waals surface area contributed by atoms with Crippen molar-refractivity contribution in [1.29, 1.82) is 0 Å². The average Bonchev–Trinajstić information content (AvgIpc) is 1.06. The van der Waals surface area contributed by atoms with Gasteiger partial charge in [0.2, 0.25) is 11.7 Å². The van der Waals surface area contributed by atoms with Gasteiger partial charge in [-0.05, 0) is 112 Å². The Bertz CT molecular complexity index is 3800. The van der Waals surface area contributed by atoms with Crippen molar-refractivity contribution in [3.63, 3.8) is 0 Å². The number of aromatic nitrogens is 3. The molecule has 3 aromatic carbocycles. The van der Waals surface area contributed by atoms with E-state index in [9.17, 15) is 23.3 Å². The molecule has 15 rings (SSSR count). The van der Waals surface area contributed by atoms with Crippen molar-refractivity contribution < 1.29 is 50.9 Å². The molecule has 24 heteroatoms. The molecule has 3 N–H and O–H groups in total.